The molecule has 18 heavy (non-hydrogen) atoms. The predicted octanol–water partition coefficient (Wildman–Crippen LogP) is 4.19. The number of carbonyl (C=O) groups is 1. The standard InChI is InChI=1S/C13H14BrCl2NO/c14-11-4-10(5-12(16)6-11)13(18)17-3-1-2-9(7-15)8-17/h4-6,9H,1-3,7-8H2. The first kappa shape index (κ1) is 14.2. The van der Waals surface area contributed by atoms with Crippen LogP contribution in [0.3, 0.4) is 0 Å². The summed E-state index contributed by atoms with van der Waals surface area (Å²) < 4.78 is 0.823. The molecule has 0 aliphatic carbocycles. The highest BCUT2D eigenvalue weighted by molar-refractivity contribution is 9.10. The molecular weight excluding hydrogens is 337 g/mol. The van der Waals surface area contributed by atoms with Crippen molar-refractivity contribution in [3.05, 3.63) is 33.3 Å². The number of hydrogen-bond donors (Lipinski definition) is 0. The van der Waals surface area contributed by atoms with Crippen LogP contribution in [0.1, 0.15) is 23.2 Å². The molecule has 0 radical (unpaired) electrons. The molecule has 0 saturated carbocycles. The van der Waals surface area contributed by atoms with Gasteiger partial charge in [-0.1, -0.05) is 27.5 Å². The summed E-state index contributed by atoms with van der Waals surface area (Å²) in [5, 5.41) is 0.568. The van der Waals surface area contributed by atoms with E-state index in [9.17, 15) is 4.79 Å². The third-order valence-corrected chi connectivity index (χ3v) is 4.25. The zero-order valence-electron chi connectivity index (χ0n) is 9.83. The second kappa shape index (κ2) is 6.27. The summed E-state index contributed by atoms with van der Waals surface area (Å²) in [6, 6.07) is 5.29. The molecule has 98 valence electrons. The molecular formula is C13H14BrCl2NO. The Balaban J connectivity index is 2.15. The number of hydrogen-bond acceptors (Lipinski definition) is 1. The molecule has 0 N–H and O–H groups in total. The largest absolute Gasteiger partial charge is 0.338 e. The lowest BCUT2D eigenvalue weighted by molar-refractivity contribution is 0.0685. The van der Waals surface area contributed by atoms with Crippen molar-refractivity contribution in [2.75, 3.05) is 19.0 Å². The van der Waals surface area contributed by atoms with E-state index < -0.39 is 0 Å². The molecule has 1 amide bonds. The van der Waals surface area contributed by atoms with E-state index in [1.165, 1.54) is 0 Å². The Hall–Kier alpha value is -0.250. The maximum absolute atomic E-state index is 12.4. The van der Waals surface area contributed by atoms with Crippen molar-refractivity contribution in [2.45, 2.75) is 12.8 Å². The summed E-state index contributed by atoms with van der Waals surface area (Å²) in [6.07, 6.45) is 2.12. The average Bonchev–Trinajstić information content (AvgIpc) is 2.37. The van der Waals surface area contributed by atoms with Gasteiger partial charge in [-0.15, -0.1) is 11.6 Å². The van der Waals surface area contributed by atoms with Crippen LogP contribution < -0.4 is 0 Å². The molecule has 1 aliphatic heterocycles. The summed E-state index contributed by atoms with van der Waals surface area (Å²) in [5.41, 5.74) is 0.629. The molecule has 0 aromatic heterocycles. The van der Waals surface area contributed by atoms with Gasteiger partial charge < -0.3 is 4.90 Å². The number of likely N-dealkylation sites (tertiary alicyclic amines) is 1. The zero-order valence-corrected chi connectivity index (χ0v) is 12.9. The third kappa shape index (κ3) is 3.40. The Labute approximate surface area is 125 Å². The monoisotopic (exact) mass is 349 g/mol. The highest BCUT2D eigenvalue weighted by atomic mass is 79.9. The molecule has 2 nitrogen and oxygen atoms in total. The number of nitrogens with zero attached hydrogens (tertiary/aromatic N) is 1. The fraction of sp³-hybridized carbons (Fsp3) is 0.462. The lowest BCUT2D eigenvalue weighted by Gasteiger charge is -2.32. The van der Waals surface area contributed by atoms with Crippen LogP contribution in [0, 0.1) is 5.92 Å². The van der Waals surface area contributed by atoms with Crippen molar-refractivity contribution in [3.63, 3.8) is 0 Å². The molecule has 0 spiro atoms. The molecule has 1 atom stereocenters. The number of benzene rings is 1. The Morgan fingerprint density at radius 2 is 2.22 bits per heavy atom. The third-order valence-electron chi connectivity index (χ3n) is 3.13. The quantitative estimate of drug-likeness (QED) is 0.732. The van der Waals surface area contributed by atoms with Crippen molar-refractivity contribution < 1.29 is 4.79 Å². The van der Waals surface area contributed by atoms with E-state index in [-0.39, 0.29) is 5.91 Å². The maximum atomic E-state index is 12.4. The topological polar surface area (TPSA) is 20.3 Å². The van der Waals surface area contributed by atoms with Crippen molar-refractivity contribution in [3.8, 4) is 0 Å². The van der Waals surface area contributed by atoms with Crippen LogP contribution in [-0.2, 0) is 0 Å². The van der Waals surface area contributed by atoms with Crippen molar-refractivity contribution in [2.24, 2.45) is 5.92 Å². The van der Waals surface area contributed by atoms with Gasteiger partial charge in [0.25, 0.3) is 5.91 Å². The Morgan fingerprint density at radius 1 is 1.44 bits per heavy atom. The van der Waals surface area contributed by atoms with Crippen molar-refractivity contribution >= 4 is 45.0 Å². The second-order valence-corrected chi connectivity index (χ2v) is 6.23. The zero-order chi connectivity index (χ0) is 13.1. The van der Waals surface area contributed by atoms with Gasteiger partial charge in [0.15, 0.2) is 0 Å². The van der Waals surface area contributed by atoms with Crippen molar-refractivity contribution in [1.82, 2.24) is 4.90 Å². The van der Waals surface area contributed by atoms with Crippen LogP contribution in [0.4, 0.5) is 0 Å². The molecule has 1 aliphatic rings. The van der Waals surface area contributed by atoms with Crippen LogP contribution >= 0.6 is 39.1 Å². The molecule has 1 unspecified atom stereocenters. The highest BCUT2D eigenvalue weighted by Crippen LogP contribution is 2.23. The van der Waals surface area contributed by atoms with Gasteiger partial charge in [0.2, 0.25) is 0 Å². The molecule has 0 bridgehead atoms. The van der Waals surface area contributed by atoms with Gasteiger partial charge in [-0.3, -0.25) is 4.79 Å². The van der Waals surface area contributed by atoms with Crippen molar-refractivity contribution in [1.29, 1.82) is 0 Å². The van der Waals surface area contributed by atoms with Gasteiger partial charge in [-0.05, 0) is 37.0 Å². The first-order valence-corrected chi connectivity index (χ1v) is 7.62. The fourth-order valence-corrected chi connectivity index (χ4v) is 3.35. The average molecular weight is 351 g/mol. The van der Waals surface area contributed by atoms with Gasteiger partial charge in [-0.25, -0.2) is 0 Å². The number of alkyl halides is 1. The number of carbonyl (C=O) groups excluding carboxylic acids is 1. The van der Waals surface area contributed by atoms with Gasteiger partial charge in [-0.2, -0.15) is 0 Å². The normalized spacial score (nSPS) is 19.9. The summed E-state index contributed by atoms with van der Waals surface area (Å²) in [7, 11) is 0. The summed E-state index contributed by atoms with van der Waals surface area (Å²) in [6.45, 7) is 1.54. The number of halogens is 3. The minimum atomic E-state index is 0.0352. The molecule has 1 aromatic rings. The summed E-state index contributed by atoms with van der Waals surface area (Å²) >= 11 is 15.2. The first-order chi connectivity index (χ1) is 8.60. The van der Waals surface area contributed by atoms with E-state index >= 15 is 0 Å². The Bertz CT molecular complexity index is 432. The van der Waals surface area contributed by atoms with Gasteiger partial charge in [0.1, 0.15) is 0 Å². The Kier molecular flexibility index (Phi) is 4.93. The van der Waals surface area contributed by atoms with E-state index in [4.69, 9.17) is 23.2 Å². The lowest BCUT2D eigenvalue weighted by Crippen LogP contribution is -2.40. The predicted molar refractivity (Wildman–Crippen MR) is 78.5 cm³/mol. The smallest absolute Gasteiger partial charge is 0.253 e. The van der Waals surface area contributed by atoms with Crippen LogP contribution in [-0.4, -0.2) is 29.8 Å². The van der Waals surface area contributed by atoms with Gasteiger partial charge >= 0.3 is 0 Å². The summed E-state index contributed by atoms with van der Waals surface area (Å²) in [5.74, 6) is 1.06. The fourth-order valence-electron chi connectivity index (χ4n) is 2.24. The van der Waals surface area contributed by atoms with E-state index in [0.717, 1.165) is 30.4 Å². The highest BCUT2D eigenvalue weighted by Gasteiger charge is 2.24. The molecule has 1 heterocycles. The van der Waals surface area contributed by atoms with E-state index in [1.807, 2.05) is 4.90 Å². The first-order valence-electron chi connectivity index (χ1n) is 5.91. The minimum absolute atomic E-state index is 0.0352. The molecule has 1 saturated heterocycles. The van der Waals surface area contributed by atoms with Crippen LogP contribution in [0.5, 0.6) is 0 Å². The minimum Gasteiger partial charge on any atom is -0.338 e. The summed E-state index contributed by atoms with van der Waals surface area (Å²) in [4.78, 5) is 14.2. The van der Waals surface area contributed by atoms with Crippen LogP contribution in [0.2, 0.25) is 5.02 Å². The second-order valence-electron chi connectivity index (χ2n) is 4.57. The van der Waals surface area contributed by atoms with Crippen LogP contribution in [0.25, 0.3) is 0 Å². The van der Waals surface area contributed by atoms with Gasteiger partial charge in [0, 0.05) is 34.0 Å². The van der Waals surface area contributed by atoms with Gasteiger partial charge in [0.05, 0.1) is 0 Å². The van der Waals surface area contributed by atoms with E-state index in [0.29, 0.717) is 22.4 Å². The number of piperidine rings is 1. The van der Waals surface area contributed by atoms with Crippen LogP contribution in [0.15, 0.2) is 22.7 Å². The van der Waals surface area contributed by atoms with E-state index in [2.05, 4.69) is 15.9 Å². The molecule has 2 rings (SSSR count). The maximum Gasteiger partial charge on any atom is 0.253 e. The van der Waals surface area contributed by atoms with E-state index in [1.54, 1.807) is 18.2 Å². The molecule has 1 fully saturated rings. The number of amides is 1. The number of rotatable bonds is 2. The SMILES string of the molecule is O=C(c1cc(Cl)cc(Br)c1)N1CCCC(CCl)C1. The lowest BCUT2D eigenvalue weighted by atomic mass is 9.99. The Morgan fingerprint density at radius 3 is 2.89 bits per heavy atom. The molecule has 1 aromatic carbocycles. The molecule has 5 heteroatoms.